The standard InChI is InChI=1S/C14H21N3O2/c1-3-6-15-13-12(5-4-7-16-13)14(18)17-8-9-19-10-11(17)2/h4-5,7,11H,3,6,8-10H2,1-2H3,(H,15,16). The summed E-state index contributed by atoms with van der Waals surface area (Å²) in [6.45, 7) is 6.75. The number of rotatable bonds is 4. The Labute approximate surface area is 114 Å². The van der Waals surface area contributed by atoms with Gasteiger partial charge in [-0.15, -0.1) is 0 Å². The summed E-state index contributed by atoms with van der Waals surface area (Å²) >= 11 is 0. The molecule has 2 heterocycles. The number of ether oxygens (including phenoxy) is 1. The van der Waals surface area contributed by atoms with Crippen LogP contribution in [0.25, 0.3) is 0 Å². The van der Waals surface area contributed by atoms with Crippen LogP contribution in [0.15, 0.2) is 18.3 Å². The van der Waals surface area contributed by atoms with Crippen LogP contribution in [0, 0.1) is 0 Å². The number of hydrogen-bond acceptors (Lipinski definition) is 4. The molecule has 1 aromatic rings. The Morgan fingerprint density at radius 3 is 3.21 bits per heavy atom. The molecule has 104 valence electrons. The van der Waals surface area contributed by atoms with Crippen molar-refractivity contribution in [3.8, 4) is 0 Å². The molecule has 1 atom stereocenters. The summed E-state index contributed by atoms with van der Waals surface area (Å²) in [5.41, 5.74) is 0.643. The number of morpholine rings is 1. The zero-order valence-corrected chi connectivity index (χ0v) is 11.6. The number of pyridine rings is 1. The molecule has 1 aliphatic rings. The highest BCUT2D eigenvalue weighted by Gasteiger charge is 2.26. The van der Waals surface area contributed by atoms with Crippen LogP contribution in [0.5, 0.6) is 0 Å². The summed E-state index contributed by atoms with van der Waals surface area (Å²) in [5.74, 6) is 0.704. The molecular weight excluding hydrogens is 242 g/mol. The van der Waals surface area contributed by atoms with Crippen LogP contribution in [0.1, 0.15) is 30.6 Å². The first-order valence-electron chi connectivity index (χ1n) is 6.81. The third-order valence-corrected chi connectivity index (χ3v) is 3.21. The van der Waals surface area contributed by atoms with Crippen LogP contribution < -0.4 is 5.32 Å². The van der Waals surface area contributed by atoms with E-state index in [1.165, 1.54) is 0 Å². The maximum atomic E-state index is 12.6. The smallest absolute Gasteiger partial charge is 0.258 e. The SMILES string of the molecule is CCCNc1ncccc1C(=O)N1CCOCC1C. The second-order valence-corrected chi connectivity index (χ2v) is 4.75. The van der Waals surface area contributed by atoms with Gasteiger partial charge in [-0.25, -0.2) is 4.98 Å². The average Bonchev–Trinajstić information content (AvgIpc) is 2.45. The van der Waals surface area contributed by atoms with Gasteiger partial charge in [0, 0.05) is 19.3 Å². The van der Waals surface area contributed by atoms with Crippen LogP contribution in [0.3, 0.4) is 0 Å². The molecule has 1 fully saturated rings. The highest BCUT2D eigenvalue weighted by molar-refractivity contribution is 5.98. The van der Waals surface area contributed by atoms with E-state index in [1.807, 2.05) is 17.9 Å². The van der Waals surface area contributed by atoms with Crippen molar-refractivity contribution in [3.05, 3.63) is 23.9 Å². The maximum absolute atomic E-state index is 12.6. The summed E-state index contributed by atoms with van der Waals surface area (Å²) in [6.07, 6.45) is 2.70. The van der Waals surface area contributed by atoms with Crippen molar-refractivity contribution in [2.24, 2.45) is 0 Å². The minimum atomic E-state index is 0.0301. The molecule has 0 aromatic carbocycles. The molecule has 5 heteroatoms. The molecule has 1 N–H and O–H groups in total. The summed E-state index contributed by atoms with van der Waals surface area (Å²) in [4.78, 5) is 18.7. The Bertz CT molecular complexity index is 436. The number of nitrogens with one attached hydrogen (secondary N) is 1. The number of aromatic nitrogens is 1. The monoisotopic (exact) mass is 263 g/mol. The van der Waals surface area contributed by atoms with Gasteiger partial charge in [0.1, 0.15) is 5.82 Å². The van der Waals surface area contributed by atoms with Gasteiger partial charge in [0.2, 0.25) is 0 Å². The summed E-state index contributed by atoms with van der Waals surface area (Å²) in [5, 5.41) is 3.21. The van der Waals surface area contributed by atoms with E-state index in [9.17, 15) is 4.79 Å². The van der Waals surface area contributed by atoms with Crippen molar-refractivity contribution in [1.82, 2.24) is 9.88 Å². The zero-order valence-electron chi connectivity index (χ0n) is 11.6. The Morgan fingerprint density at radius 1 is 1.63 bits per heavy atom. The van der Waals surface area contributed by atoms with Crippen molar-refractivity contribution in [3.63, 3.8) is 0 Å². The Hall–Kier alpha value is -1.62. The van der Waals surface area contributed by atoms with Gasteiger partial charge >= 0.3 is 0 Å². The predicted molar refractivity (Wildman–Crippen MR) is 74.3 cm³/mol. The third-order valence-electron chi connectivity index (χ3n) is 3.21. The van der Waals surface area contributed by atoms with Gasteiger partial charge < -0.3 is 15.0 Å². The quantitative estimate of drug-likeness (QED) is 0.899. The molecule has 0 spiro atoms. The first kappa shape index (κ1) is 13.8. The normalized spacial score (nSPS) is 19.3. The maximum Gasteiger partial charge on any atom is 0.258 e. The molecule has 1 amide bonds. The first-order chi connectivity index (χ1) is 9.24. The topological polar surface area (TPSA) is 54.5 Å². The molecule has 0 saturated carbocycles. The Kier molecular flexibility index (Phi) is 4.74. The number of hydrogen-bond donors (Lipinski definition) is 1. The lowest BCUT2D eigenvalue weighted by Crippen LogP contribution is -2.47. The molecule has 1 aliphatic heterocycles. The highest BCUT2D eigenvalue weighted by atomic mass is 16.5. The van der Waals surface area contributed by atoms with Crippen LogP contribution in [-0.2, 0) is 4.74 Å². The second-order valence-electron chi connectivity index (χ2n) is 4.75. The van der Waals surface area contributed by atoms with Gasteiger partial charge in [0.05, 0.1) is 24.8 Å². The van der Waals surface area contributed by atoms with Crippen LogP contribution >= 0.6 is 0 Å². The van der Waals surface area contributed by atoms with E-state index in [4.69, 9.17) is 4.74 Å². The third kappa shape index (κ3) is 3.23. The molecule has 19 heavy (non-hydrogen) atoms. The van der Waals surface area contributed by atoms with Crippen LogP contribution in [-0.4, -0.2) is 48.1 Å². The number of carbonyl (C=O) groups is 1. The largest absolute Gasteiger partial charge is 0.377 e. The lowest BCUT2D eigenvalue weighted by atomic mass is 10.1. The molecule has 0 radical (unpaired) electrons. The Balaban J connectivity index is 2.17. The Morgan fingerprint density at radius 2 is 2.47 bits per heavy atom. The molecule has 1 unspecified atom stereocenters. The fraction of sp³-hybridized carbons (Fsp3) is 0.571. The van der Waals surface area contributed by atoms with Gasteiger partial charge in [-0.05, 0) is 25.5 Å². The van der Waals surface area contributed by atoms with Crippen molar-refractivity contribution in [1.29, 1.82) is 0 Å². The van der Waals surface area contributed by atoms with E-state index in [0.29, 0.717) is 31.1 Å². The molecule has 0 aliphatic carbocycles. The molecule has 0 bridgehead atoms. The molecule has 2 rings (SSSR count). The van der Waals surface area contributed by atoms with Gasteiger partial charge in [0.25, 0.3) is 5.91 Å². The predicted octanol–water partition coefficient (Wildman–Crippen LogP) is 1.76. The van der Waals surface area contributed by atoms with E-state index < -0.39 is 0 Å². The summed E-state index contributed by atoms with van der Waals surface area (Å²) in [6, 6.07) is 3.74. The molecule has 1 aromatic heterocycles. The highest BCUT2D eigenvalue weighted by Crippen LogP contribution is 2.17. The number of nitrogens with zero attached hydrogens (tertiary/aromatic N) is 2. The lowest BCUT2D eigenvalue weighted by molar-refractivity contribution is 0.00363. The number of carbonyl (C=O) groups excluding carboxylic acids is 1. The van der Waals surface area contributed by atoms with Crippen molar-refractivity contribution in [2.45, 2.75) is 26.3 Å². The van der Waals surface area contributed by atoms with E-state index in [0.717, 1.165) is 13.0 Å². The van der Waals surface area contributed by atoms with Crippen molar-refractivity contribution in [2.75, 3.05) is 31.6 Å². The van der Waals surface area contributed by atoms with E-state index in [-0.39, 0.29) is 11.9 Å². The molecule has 5 nitrogen and oxygen atoms in total. The van der Waals surface area contributed by atoms with E-state index in [1.54, 1.807) is 12.3 Å². The second kappa shape index (κ2) is 6.52. The number of amides is 1. The lowest BCUT2D eigenvalue weighted by Gasteiger charge is -2.33. The van der Waals surface area contributed by atoms with Gasteiger partial charge in [-0.3, -0.25) is 4.79 Å². The average molecular weight is 263 g/mol. The minimum Gasteiger partial charge on any atom is -0.377 e. The minimum absolute atomic E-state index is 0.0301. The molecular formula is C14H21N3O2. The fourth-order valence-corrected chi connectivity index (χ4v) is 2.15. The van der Waals surface area contributed by atoms with E-state index in [2.05, 4.69) is 17.2 Å². The summed E-state index contributed by atoms with van der Waals surface area (Å²) in [7, 11) is 0. The van der Waals surface area contributed by atoms with Gasteiger partial charge in [-0.1, -0.05) is 6.92 Å². The van der Waals surface area contributed by atoms with Gasteiger partial charge in [-0.2, -0.15) is 0 Å². The zero-order chi connectivity index (χ0) is 13.7. The fourth-order valence-electron chi connectivity index (χ4n) is 2.15. The van der Waals surface area contributed by atoms with Crippen LogP contribution in [0.2, 0.25) is 0 Å². The van der Waals surface area contributed by atoms with E-state index >= 15 is 0 Å². The first-order valence-corrected chi connectivity index (χ1v) is 6.81. The van der Waals surface area contributed by atoms with Crippen LogP contribution in [0.4, 0.5) is 5.82 Å². The van der Waals surface area contributed by atoms with Crippen molar-refractivity contribution < 1.29 is 9.53 Å². The number of anilines is 1. The molecule has 1 saturated heterocycles. The summed E-state index contributed by atoms with van der Waals surface area (Å²) < 4.78 is 5.37. The van der Waals surface area contributed by atoms with Crippen molar-refractivity contribution >= 4 is 11.7 Å². The van der Waals surface area contributed by atoms with Gasteiger partial charge in [0.15, 0.2) is 0 Å².